The SMILES string of the molecule is COc1ccc(CCNC(=O)NCCCO)c(Cl)c1. The Balaban J connectivity index is 2.31. The van der Waals surface area contributed by atoms with Crippen LogP contribution in [0.25, 0.3) is 0 Å². The molecule has 0 aliphatic heterocycles. The minimum atomic E-state index is -0.238. The van der Waals surface area contributed by atoms with Crippen LogP contribution in [0, 0.1) is 0 Å². The molecule has 3 N–H and O–H groups in total. The van der Waals surface area contributed by atoms with E-state index in [1.54, 1.807) is 13.2 Å². The summed E-state index contributed by atoms with van der Waals surface area (Å²) in [4.78, 5) is 11.3. The molecule has 6 heteroatoms. The van der Waals surface area contributed by atoms with Gasteiger partial charge in [0.2, 0.25) is 0 Å². The van der Waals surface area contributed by atoms with Crippen LogP contribution in [0.2, 0.25) is 5.02 Å². The van der Waals surface area contributed by atoms with Gasteiger partial charge in [0.05, 0.1) is 7.11 Å². The Morgan fingerprint density at radius 1 is 1.37 bits per heavy atom. The van der Waals surface area contributed by atoms with Crippen molar-refractivity contribution in [1.29, 1.82) is 0 Å². The van der Waals surface area contributed by atoms with Crippen LogP contribution in [0.15, 0.2) is 18.2 Å². The Bertz CT molecular complexity index is 413. The lowest BCUT2D eigenvalue weighted by molar-refractivity contribution is 0.238. The lowest BCUT2D eigenvalue weighted by Crippen LogP contribution is -2.37. The number of methoxy groups -OCH3 is 1. The van der Waals surface area contributed by atoms with E-state index < -0.39 is 0 Å². The molecule has 0 saturated carbocycles. The number of halogens is 1. The molecular weight excluding hydrogens is 268 g/mol. The highest BCUT2D eigenvalue weighted by Crippen LogP contribution is 2.22. The van der Waals surface area contributed by atoms with Crippen LogP contribution in [0.3, 0.4) is 0 Å². The van der Waals surface area contributed by atoms with Gasteiger partial charge in [0, 0.05) is 24.7 Å². The Kier molecular flexibility index (Phi) is 7.07. The molecule has 2 amide bonds. The van der Waals surface area contributed by atoms with E-state index in [2.05, 4.69) is 10.6 Å². The van der Waals surface area contributed by atoms with Gasteiger partial charge >= 0.3 is 6.03 Å². The third-order valence-electron chi connectivity index (χ3n) is 2.56. The maximum Gasteiger partial charge on any atom is 0.314 e. The number of carbonyl (C=O) groups is 1. The third-order valence-corrected chi connectivity index (χ3v) is 2.91. The van der Waals surface area contributed by atoms with Gasteiger partial charge in [0.25, 0.3) is 0 Å². The minimum absolute atomic E-state index is 0.0712. The molecule has 0 saturated heterocycles. The molecule has 0 radical (unpaired) electrons. The number of carbonyl (C=O) groups excluding carboxylic acids is 1. The van der Waals surface area contributed by atoms with E-state index in [-0.39, 0.29) is 12.6 Å². The number of aliphatic hydroxyl groups excluding tert-OH is 1. The van der Waals surface area contributed by atoms with Crippen LogP contribution in [-0.4, -0.2) is 37.9 Å². The molecule has 0 fully saturated rings. The fraction of sp³-hybridized carbons (Fsp3) is 0.462. The van der Waals surface area contributed by atoms with Gasteiger partial charge < -0.3 is 20.5 Å². The van der Waals surface area contributed by atoms with Crippen molar-refractivity contribution in [3.63, 3.8) is 0 Å². The van der Waals surface area contributed by atoms with Gasteiger partial charge in [-0.1, -0.05) is 17.7 Å². The van der Waals surface area contributed by atoms with Crippen molar-refractivity contribution >= 4 is 17.6 Å². The third kappa shape index (κ3) is 5.81. The Labute approximate surface area is 117 Å². The van der Waals surface area contributed by atoms with Crippen LogP contribution < -0.4 is 15.4 Å². The van der Waals surface area contributed by atoms with Gasteiger partial charge in [-0.15, -0.1) is 0 Å². The predicted molar refractivity (Wildman–Crippen MR) is 74.8 cm³/mol. The number of nitrogens with one attached hydrogen (secondary N) is 2. The molecule has 106 valence electrons. The quantitative estimate of drug-likeness (QED) is 0.667. The fourth-order valence-corrected chi connectivity index (χ4v) is 1.78. The van der Waals surface area contributed by atoms with E-state index in [0.717, 1.165) is 5.56 Å². The van der Waals surface area contributed by atoms with Crippen LogP contribution in [0.5, 0.6) is 5.75 Å². The summed E-state index contributed by atoms with van der Waals surface area (Å²) < 4.78 is 5.06. The van der Waals surface area contributed by atoms with Crippen molar-refractivity contribution in [2.24, 2.45) is 0 Å². The highest BCUT2D eigenvalue weighted by Gasteiger charge is 2.03. The van der Waals surface area contributed by atoms with E-state index in [1.807, 2.05) is 12.1 Å². The highest BCUT2D eigenvalue weighted by atomic mass is 35.5. The summed E-state index contributed by atoms with van der Waals surface area (Å²) in [5.74, 6) is 0.712. The summed E-state index contributed by atoms with van der Waals surface area (Å²) in [6.45, 7) is 1.03. The van der Waals surface area contributed by atoms with Gasteiger partial charge in [-0.05, 0) is 30.5 Å². The van der Waals surface area contributed by atoms with E-state index in [9.17, 15) is 4.79 Å². The summed E-state index contributed by atoms with van der Waals surface area (Å²) in [5, 5.41) is 14.6. The molecular formula is C13H19ClN2O3. The van der Waals surface area contributed by atoms with Gasteiger partial charge in [0.1, 0.15) is 5.75 Å². The molecule has 5 nitrogen and oxygen atoms in total. The molecule has 0 spiro atoms. The lowest BCUT2D eigenvalue weighted by atomic mass is 10.1. The van der Waals surface area contributed by atoms with E-state index >= 15 is 0 Å². The zero-order valence-electron chi connectivity index (χ0n) is 10.9. The minimum Gasteiger partial charge on any atom is -0.497 e. The number of amides is 2. The summed E-state index contributed by atoms with van der Waals surface area (Å²) >= 11 is 6.09. The first kappa shape index (κ1) is 15.6. The second kappa shape index (κ2) is 8.61. The van der Waals surface area contributed by atoms with Gasteiger partial charge in [-0.3, -0.25) is 0 Å². The fourth-order valence-electron chi connectivity index (χ4n) is 1.51. The van der Waals surface area contributed by atoms with Crippen molar-refractivity contribution in [3.05, 3.63) is 28.8 Å². The van der Waals surface area contributed by atoms with E-state index in [1.165, 1.54) is 0 Å². The van der Waals surface area contributed by atoms with Crippen molar-refractivity contribution in [2.75, 3.05) is 26.8 Å². The van der Waals surface area contributed by atoms with Gasteiger partial charge in [0.15, 0.2) is 0 Å². The number of hydrogen-bond acceptors (Lipinski definition) is 3. The number of aliphatic hydroxyl groups is 1. The second-order valence-electron chi connectivity index (χ2n) is 3.97. The summed E-state index contributed by atoms with van der Waals surface area (Å²) in [7, 11) is 1.59. The van der Waals surface area contributed by atoms with Gasteiger partial charge in [-0.25, -0.2) is 4.79 Å². The molecule has 1 aromatic rings. The smallest absolute Gasteiger partial charge is 0.314 e. The number of rotatable bonds is 7. The van der Waals surface area contributed by atoms with Crippen LogP contribution in [-0.2, 0) is 6.42 Å². The highest BCUT2D eigenvalue weighted by molar-refractivity contribution is 6.31. The van der Waals surface area contributed by atoms with Crippen molar-refractivity contribution < 1.29 is 14.6 Å². The molecule has 1 rings (SSSR count). The summed E-state index contributed by atoms with van der Waals surface area (Å²) in [6.07, 6.45) is 1.20. The zero-order valence-corrected chi connectivity index (χ0v) is 11.7. The lowest BCUT2D eigenvalue weighted by Gasteiger charge is -2.09. The van der Waals surface area contributed by atoms with Crippen LogP contribution in [0.4, 0.5) is 4.79 Å². The Morgan fingerprint density at radius 3 is 2.74 bits per heavy atom. The topological polar surface area (TPSA) is 70.6 Å². The Hall–Kier alpha value is -1.46. The number of urea groups is 1. The maximum atomic E-state index is 11.3. The summed E-state index contributed by atoms with van der Waals surface area (Å²) in [6, 6.07) is 5.23. The molecule has 0 aromatic heterocycles. The molecule has 0 aliphatic rings. The first-order chi connectivity index (χ1) is 9.17. The first-order valence-corrected chi connectivity index (χ1v) is 6.50. The second-order valence-corrected chi connectivity index (χ2v) is 4.37. The van der Waals surface area contributed by atoms with E-state index in [4.69, 9.17) is 21.4 Å². The van der Waals surface area contributed by atoms with Crippen molar-refractivity contribution in [1.82, 2.24) is 10.6 Å². The monoisotopic (exact) mass is 286 g/mol. The molecule has 0 heterocycles. The standard InChI is InChI=1S/C13H19ClN2O3/c1-19-11-4-3-10(12(14)9-11)5-7-16-13(18)15-6-2-8-17/h3-4,9,17H,2,5-8H2,1H3,(H2,15,16,18). The van der Waals surface area contributed by atoms with Crippen molar-refractivity contribution in [2.45, 2.75) is 12.8 Å². The zero-order chi connectivity index (χ0) is 14.1. The number of hydrogen-bond donors (Lipinski definition) is 3. The number of benzene rings is 1. The average molecular weight is 287 g/mol. The maximum absolute atomic E-state index is 11.3. The molecule has 0 atom stereocenters. The van der Waals surface area contributed by atoms with Gasteiger partial charge in [-0.2, -0.15) is 0 Å². The van der Waals surface area contributed by atoms with E-state index in [0.29, 0.717) is 36.7 Å². The summed E-state index contributed by atoms with van der Waals surface area (Å²) in [5.41, 5.74) is 0.957. The Morgan fingerprint density at radius 2 is 2.11 bits per heavy atom. The van der Waals surface area contributed by atoms with Crippen molar-refractivity contribution in [3.8, 4) is 5.75 Å². The predicted octanol–water partition coefficient (Wildman–Crippen LogP) is 1.57. The van der Waals surface area contributed by atoms with Crippen LogP contribution >= 0.6 is 11.6 Å². The largest absolute Gasteiger partial charge is 0.497 e. The normalized spacial score (nSPS) is 10.1. The average Bonchev–Trinajstić information content (AvgIpc) is 2.41. The first-order valence-electron chi connectivity index (χ1n) is 6.12. The molecule has 1 aromatic carbocycles. The molecule has 0 unspecified atom stereocenters. The molecule has 0 aliphatic carbocycles. The molecule has 19 heavy (non-hydrogen) atoms. The van der Waals surface area contributed by atoms with Crippen LogP contribution in [0.1, 0.15) is 12.0 Å². The molecule has 0 bridgehead atoms. The number of ether oxygens (including phenoxy) is 1.